The molecule has 1 amide bonds. The number of carbonyl (C=O) groups excluding carboxylic acids is 2. The van der Waals surface area contributed by atoms with Gasteiger partial charge in [0.2, 0.25) is 5.60 Å². The monoisotopic (exact) mass is 593 g/mol. The van der Waals surface area contributed by atoms with E-state index in [2.05, 4.69) is 20.5 Å². The molecule has 1 aliphatic heterocycles. The van der Waals surface area contributed by atoms with Crippen LogP contribution >= 0.6 is 11.6 Å². The molecule has 216 valence electrons. The average Bonchev–Trinajstić information content (AvgIpc) is 3.20. The van der Waals surface area contributed by atoms with Crippen LogP contribution in [0.2, 0.25) is 5.15 Å². The molecule has 0 radical (unpaired) electrons. The van der Waals surface area contributed by atoms with Gasteiger partial charge in [0.15, 0.2) is 5.15 Å². The third-order valence-electron chi connectivity index (χ3n) is 6.42. The number of anilines is 3. The molecule has 0 spiro atoms. The van der Waals surface area contributed by atoms with E-state index in [0.29, 0.717) is 26.1 Å². The van der Waals surface area contributed by atoms with Gasteiger partial charge < -0.3 is 14.8 Å². The molecule has 0 unspecified atom stereocenters. The van der Waals surface area contributed by atoms with E-state index in [9.17, 15) is 31.2 Å². The molecule has 0 saturated carbocycles. The smallest absolute Gasteiger partial charge is 0.427 e. The number of hydrogen-bond donors (Lipinski definition) is 2. The molecule has 2 heterocycles. The van der Waals surface area contributed by atoms with E-state index in [1.165, 1.54) is 29.1 Å². The molecule has 0 saturated heterocycles. The number of benzene rings is 1. The Morgan fingerprint density at radius 1 is 1.26 bits per heavy atom. The van der Waals surface area contributed by atoms with Crippen LogP contribution in [-0.2, 0) is 26.1 Å². The minimum atomic E-state index is -4.81. The summed E-state index contributed by atoms with van der Waals surface area (Å²) in [7, 11) is -4.34. The van der Waals surface area contributed by atoms with Crippen molar-refractivity contribution in [3.63, 3.8) is 0 Å². The van der Waals surface area contributed by atoms with E-state index in [1.54, 1.807) is 27.7 Å². The predicted octanol–water partition coefficient (Wildman–Crippen LogP) is 5.44. The van der Waals surface area contributed by atoms with Crippen LogP contribution in [0.1, 0.15) is 48.0 Å². The number of hydrogen-bond acceptors (Lipinski definition) is 7. The fourth-order valence-electron chi connectivity index (χ4n) is 4.06. The van der Waals surface area contributed by atoms with Gasteiger partial charge in [-0.1, -0.05) is 25.4 Å². The summed E-state index contributed by atoms with van der Waals surface area (Å²) >= 11 is 6.20. The quantitative estimate of drug-likeness (QED) is 0.391. The van der Waals surface area contributed by atoms with Gasteiger partial charge in [0.25, 0.3) is 10.0 Å². The number of rotatable bonds is 8. The van der Waals surface area contributed by atoms with Crippen molar-refractivity contribution < 1.29 is 35.9 Å². The fraction of sp³-hybridized carbons (Fsp3) is 0.542. The minimum Gasteiger partial charge on any atom is -0.434 e. The summed E-state index contributed by atoms with van der Waals surface area (Å²) in [5.74, 6) is 0. The van der Waals surface area contributed by atoms with Crippen LogP contribution in [-0.4, -0.2) is 54.4 Å². The van der Waals surface area contributed by atoms with Crippen molar-refractivity contribution in [1.82, 2.24) is 9.78 Å². The second-order valence-corrected chi connectivity index (χ2v) is 12.6. The molecule has 2 N–H and O–H groups in total. The van der Waals surface area contributed by atoms with Crippen LogP contribution in [0.5, 0.6) is 0 Å². The third kappa shape index (κ3) is 6.26. The van der Waals surface area contributed by atoms with Gasteiger partial charge in [0.05, 0.1) is 17.4 Å². The highest BCUT2D eigenvalue weighted by Gasteiger charge is 2.51. The second kappa shape index (κ2) is 10.5. The highest BCUT2D eigenvalue weighted by molar-refractivity contribution is 7.93. The predicted molar refractivity (Wildman–Crippen MR) is 141 cm³/mol. The van der Waals surface area contributed by atoms with Crippen LogP contribution < -0.4 is 14.9 Å². The third-order valence-corrected chi connectivity index (χ3v) is 8.71. The number of sulfonamides is 1. The Balaban J connectivity index is 2.07. The summed E-state index contributed by atoms with van der Waals surface area (Å²) in [6.07, 6.45) is -3.81. The summed E-state index contributed by atoms with van der Waals surface area (Å²) in [5, 5.41) is 9.27. The number of fused-ring (bicyclic) bond motifs is 1. The van der Waals surface area contributed by atoms with Crippen molar-refractivity contribution in [3.05, 3.63) is 29.5 Å². The molecular formula is C24H31ClF3N5O5S. The molecule has 1 aromatic carbocycles. The number of aryl methyl sites for hydroxylation is 1. The van der Waals surface area contributed by atoms with Gasteiger partial charge in [-0.25, -0.2) is 13.2 Å². The van der Waals surface area contributed by atoms with E-state index in [-0.39, 0.29) is 27.8 Å². The number of ether oxygens (including phenoxy) is 1. The van der Waals surface area contributed by atoms with Gasteiger partial charge >= 0.3 is 12.3 Å². The molecule has 0 aliphatic carbocycles. The van der Waals surface area contributed by atoms with Crippen LogP contribution in [0.3, 0.4) is 0 Å². The lowest BCUT2D eigenvalue weighted by Gasteiger charge is -2.43. The highest BCUT2D eigenvalue weighted by Crippen LogP contribution is 2.42. The molecular weight excluding hydrogens is 563 g/mol. The number of carbonyl (C=O) groups is 2. The van der Waals surface area contributed by atoms with Gasteiger partial charge in [-0.15, -0.1) is 0 Å². The zero-order valence-corrected chi connectivity index (χ0v) is 23.8. The second-order valence-electron chi connectivity index (χ2n) is 10.5. The maximum Gasteiger partial charge on any atom is 0.427 e. The number of amides is 1. The first-order valence-electron chi connectivity index (χ1n) is 12.0. The number of halogens is 4. The van der Waals surface area contributed by atoms with Crippen LogP contribution in [0.25, 0.3) is 0 Å². The lowest BCUT2D eigenvalue weighted by molar-refractivity contribution is -0.242. The molecule has 15 heteroatoms. The van der Waals surface area contributed by atoms with E-state index < -0.39 is 45.4 Å². The number of aromatic nitrogens is 2. The van der Waals surface area contributed by atoms with Crippen LogP contribution in [0.15, 0.2) is 29.3 Å². The molecule has 10 nitrogen and oxygen atoms in total. The topological polar surface area (TPSA) is 123 Å². The number of nitrogens with one attached hydrogen (secondary N) is 2. The molecule has 0 bridgehead atoms. The van der Waals surface area contributed by atoms with Gasteiger partial charge in [-0.3, -0.25) is 14.3 Å². The highest BCUT2D eigenvalue weighted by atomic mass is 35.5. The fourth-order valence-corrected chi connectivity index (χ4v) is 6.21. The Morgan fingerprint density at radius 2 is 1.90 bits per heavy atom. The van der Waals surface area contributed by atoms with E-state index in [0.717, 1.165) is 10.6 Å². The van der Waals surface area contributed by atoms with Crippen molar-refractivity contribution in [2.45, 2.75) is 83.3 Å². The van der Waals surface area contributed by atoms with Gasteiger partial charge in [0, 0.05) is 29.9 Å². The summed E-state index contributed by atoms with van der Waals surface area (Å²) < 4.78 is 74.5. The Labute approximate surface area is 229 Å². The summed E-state index contributed by atoms with van der Waals surface area (Å²) in [5.41, 5.74) is -3.08. The molecule has 2 aromatic rings. The zero-order chi connectivity index (χ0) is 29.6. The van der Waals surface area contributed by atoms with Crippen molar-refractivity contribution in [2.75, 3.05) is 14.9 Å². The molecule has 2 atom stereocenters. The van der Waals surface area contributed by atoms with Gasteiger partial charge in [-0.2, -0.15) is 18.3 Å². The molecule has 0 fully saturated rings. The normalized spacial score (nSPS) is 18.3. The van der Waals surface area contributed by atoms with Crippen LogP contribution in [0.4, 0.5) is 35.0 Å². The lowest BCUT2D eigenvalue weighted by Crippen LogP contribution is -2.53. The summed E-state index contributed by atoms with van der Waals surface area (Å²) in [6.45, 7) is 8.65. The summed E-state index contributed by atoms with van der Waals surface area (Å²) in [4.78, 5) is 23.7. The minimum absolute atomic E-state index is 0.00653. The first-order chi connectivity index (χ1) is 17.8. The molecule has 1 aliphatic rings. The van der Waals surface area contributed by atoms with Crippen molar-refractivity contribution in [2.24, 2.45) is 5.41 Å². The Kier molecular flexibility index (Phi) is 8.24. The number of alkyl halides is 3. The first kappa shape index (κ1) is 30.5. The number of nitrogens with zero attached hydrogens (tertiary/aromatic N) is 3. The molecule has 39 heavy (non-hydrogen) atoms. The Hall–Kier alpha value is -3.00. The molecule has 1 aromatic heterocycles. The largest absolute Gasteiger partial charge is 0.434 e. The zero-order valence-electron chi connectivity index (χ0n) is 22.3. The van der Waals surface area contributed by atoms with Gasteiger partial charge in [0.1, 0.15) is 11.2 Å². The van der Waals surface area contributed by atoms with Crippen molar-refractivity contribution in [1.29, 1.82) is 0 Å². The van der Waals surface area contributed by atoms with E-state index in [4.69, 9.17) is 11.6 Å². The van der Waals surface area contributed by atoms with Crippen molar-refractivity contribution >= 4 is 51.1 Å². The van der Waals surface area contributed by atoms with Crippen LogP contribution in [0, 0.1) is 5.41 Å². The lowest BCUT2D eigenvalue weighted by atomic mass is 9.84. The van der Waals surface area contributed by atoms with Crippen molar-refractivity contribution in [3.8, 4) is 0 Å². The summed E-state index contributed by atoms with van der Waals surface area (Å²) in [6, 6.07) is 2.90. The first-order valence-corrected chi connectivity index (χ1v) is 13.9. The Bertz CT molecular complexity index is 1360. The maximum atomic E-state index is 14.0. The average molecular weight is 594 g/mol. The standard InChI is InChI=1S/C24H31ClF3N5O5S/c1-7-32-12-19(20(25)31-32)39(36,37)33-14(2)17(11-22(3,4)13-34)30-16-9-8-15(10-18(16)33)29-21(35)38-23(5,6)24(26,27)28/h8-10,12-14,17,30H,7,11H2,1-6H3,(H,29,35)/t14-,17-/m0/s1. The maximum absolute atomic E-state index is 14.0. The van der Waals surface area contributed by atoms with E-state index >= 15 is 0 Å². The SMILES string of the molecule is CCn1cc(S(=O)(=O)N2c3cc(NC(=O)OC(C)(C)C(F)(F)F)ccc3N[C@@H](CC(C)(C)C=O)[C@@H]2C)c(Cl)n1. The van der Waals surface area contributed by atoms with Gasteiger partial charge in [-0.05, 0) is 52.3 Å². The van der Waals surface area contributed by atoms with E-state index in [1.807, 2.05) is 0 Å². The number of aldehydes is 1. The molecule has 3 rings (SSSR count). The Morgan fingerprint density at radius 3 is 2.44 bits per heavy atom.